The normalized spacial score (nSPS) is 11.2. The second-order valence-corrected chi connectivity index (χ2v) is 10.8. The lowest BCUT2D eigenvalue weighted by molar-refractivity contribution is 0.450. The van der Waals surface area contributed by atoms with Gasteiger partial charge in [-0.15, -0.1) is 0 Å². The quantitative estimate of drug-likeness (QED) is 0.159. The Bertz CT molecular complexity index is 1820. The predicted molar refractivity (Wildman–Crippen MR) is 176 cm³/mol. The number of rotatable bonds is 3. The van der Waals surface area contributed by atoms with Gasteiger partial charge >= 0.3 is 0 Å². The molecule has 6 heteroatoms. The molecular weight excluding hydrogens is 533 g/mol. The number of benzene rings is 6. The van der Waals surface area contributed by atoms with Crippen molar-refractivity contribution in [2.24, 2.45) is 0 Å². The second-order valence-electron chi connectivity index (χ2n) is 10.1. The van der Waals surface area contributed by atoms with Gasteiger partial charge in [-0.05, 0) is 56.8 Å². The monoisotopic (exact) mass is 560 g/mol. The Labute approximate surface area is 244 Å². The third-order valence-corrected chi connectivity index (χ3v) is 8.03. The van der Waals surface area contributed by atoms with E-state index in [-0.39, 0.29) is 0 Å². The second kappa shape index (κ2) is 10.4. The largest absolute Gasteiger partial charge is 0.430 e. The zero-order valence-corrected chi connectivity index (χ0v) is 24.4. The van der Waals surface area contributed by atoms with Gasteiger partial charge in [0.1, 0.15) is 11.5 Å². The summed E-state index contributed by atoms with van der Waals surface area (Å²) < 4.78 is 13.2. The van der Waals surface area contributed by atoms with E-state index < -0.39 is 0 Å². The highest BCUT2D eigenvalue weighted by Crippen LogP contribution is 2.52. The van der Waals surface area contributed by atoms with E-state index in [1.807, 2.05) is 40.3 Å². The third-order valence-electron chi connectivity index (χ3n) is 7.13. The van der Waals surface area contributed by atoms with Gasteiger partial charge in [-0.3, -0.25) is 0 Å². The Kier molecular flexibility index (Phi) is 6.74. The zero-order valence-electron chi connectivity index (χ0n) is 22.8. The molecule has 0 aliphatic carbocycles. The maximum absolute atomic E-state index is 6.61. The molecule has 0 saturated carbocycles. The first-order chi connectivity index (χ1) is 19.4. The highest BCUT2D eigenvalue weighted by Gasteiger charge is 2.26. The predicted octanol–water partition coefficient (Wildman–Crippen LogP) is 8.42. The van der Waals surface area contributed by atoms with E-state index in [4.69, 9.17) is 33.9 Å². The van der Waals surface area contributed by atoms with Crippen LogP contribution < -0.4 is 9.47 Å². The van der Waals surface area contributed by atoms with Gasteiger partial charge in [-0.25, -0.2) is 0 Å². The van der Waals surface area contributed by atoms with E-state index in [1.54, 1.807) is 9.80 Å². The third kappa shape index (κ3) is 4.30. The molecule has 6 aromatic carbocycles. The molecule has 0 atom stereocenters. The van der Waals surface area contributed by atoms with Crippen LogP contribution in [0.5, 0.6) is 11.5 Å². The summed E-state index contributed by atoms with van der Waals surface area (Å²) in [5.41, 5.74) is 1.83. The van der Waals surface area contributed by atoms with Gasteiger partial charge in [0, 0.05) is 50.1 Å². The van der Waals surface area contributed by atoms with Crippen molar-refractivity contribution in [3.05, 3.63) is 97.1 Å². The molecule has 0 aliphatic rings. The first-order valence-corrected chi connectivity index (χ1v) is 13.8. The molecule has 0 radical (unpaired) electrons. The Hall–Kier alpha value is -4.26. The Morgan fingerprint density at radius 2 is 0.675 bits per heavy atom. The summed E-state index contributed by atoms with van der Waals surface area (Å²) >= 11 is 11.4. The van der Waals surface area contributed by atoms with Crippen molar-refractivity contribution in [1.29, 1.82) is 0 Å². The fourth-order valence-electron chi connectivity index (χ4n) is 5.28. The van der Waals surface area contributed by atoms with Crippen LogP contribution in [0.4, 0.5) is 0 Å². The van der Waals surface area contributed by atoms with E-state index >= 15 is 0 Å². The minimum atomic E-state index is 0.373. The number of thiocarbonyl (C=S) groups is 2. The molecule has 0 aromatic heterocycles. The summed E-state index contributed by atoms with van der Waals surface area (Å²) in [6, 6.07) is 33.5. The molecule has 0 heterocycles. The molecule has 4 nitrogen and oxygen atoms in total. The van der Waals surface area contributed by atoms with Crippen LogP contribution in [-0.4, -0.2) is 48.3 Å². The van der Waals surface area contributed by atoms with Gasteiger partial charge in [-0.2, -0.15) is 0 Å². The molecule has 6 rings (SSSR count). The molecule has 0 spiro atoms. The number of hydrogen-bond acceptors (Lipinski definition) is 4. The molecule has 0 unspecified atom stereocenters. The lowest BCUT2D eigenvalue weighted by Gasteiger charge is -2.25. The molecule has 0 N–H and O–H groups in total. The fourth-order valence-corrected chi connectivity index (χ4v) is 5.45. The van der Waals surface area contributed by atoms with Gasteiger partial charge < -0.3 is 19.3 Å². The van der Waals surface area contributed by atoms with Crippen molar-refractivity contribution in [2.75, 3.05) is 28.2 Å². The van der Waals surface area contributed by atoms with Crippen molar-refractivity contribution in [3.63, 3.8) is 0 Å². The topological polar surface area (TPSA) is 24.9 Å². The highest BCUT2D eigenvalue weighted by atomic mass is 32.1. The maximum Gasteiger partial charge on any atom is 0.264 e. The van der Waals surface area contributed by atoms with E-state index in [0.717, 1.165) is 54.2 Å². The van der Waals surface area contributed by atoms with Crippen molar-refractivity contribution >= 4 is 77.9 Å². The first kappa shape index (κ1) is 26.0. The number of nitrogens with zero attached hydrogens (tertiary/aromatic N) is 2. The first-order valence-electron chi connectivity index (χ1n) is 13.0. The van der Waals surface area contributed by atoms with Gasteiger partial charge in [0.05, 0.1) is 0 Å². The van der Waals surface area contributed by atoms with Gasteiger partial charge in [0.2, 0.25) is 0 Å². The molecule has 0 amide bonds. The summed E-state index contributed by atoms with van der Waals surface area (Å²) in [6.45, 7) is 0. The van der Waals surface area contributed by atoms with Crippen LogP contribution in [0, 0.1) is 0 Å². The van der Waals surface area contributed by atoms with Crippen LogP contribution in [-0.2, 0) is 0 Å². The number of ether oxygens (including phenoxy) is 2. The number of fused-ring (bicyclic) bond motifs is 6. The highest BCUT2D eigenvalue weighted by molar-refractivity contribution is 7.80. The Morgan fingerprint density at radius 3 is 0.975 bits per heavy atom. The van der Waals surface area contributed by atoms with Crippen LogP contribution in [0.25, 0.3) is 54.2 Å². The van der Waals surface area contributed by atoms with Crippen LogP contribution >= 0.6 is 24.4 Å². The van der Waals surface area contributed by atoms with Crippen LogP contribution in [0.1, 0.15) is 0 Å². The summed E-state index contributed by atoms with van der Waals surface area (Å²) in [4.78, 5) is 3.61. The average molecular weight is 561 g/mol. The summed E-state index contributed by atoms with van der Waals surface area (Å²) in [6.07, 6.45) is 0. The Balaban J connectivity index is 1.87. The fraction of sp³-hybridized carbons (Fsp3) is 0.118. The van der Waals surface area contributed by atoms with E-state index in [9.17, 15) is 0 Å². The molecule has 198 valence electrons. The summed E-state index contributed by atoms with van der Waals surface area (Å²) in [7, 11) is 7.56. The molecule has 0 aliphatic heterocycles. The van der Waals surface area contributed by atoms with Gasteiger partial charge in [-0.1, -0.05) is 97.1 Å². The molecule has 0 saturated heterocycles. The average Bonchev–Trinajstić information content (AvgIpc) is 2.97. The molecular formula is C34H28N2O2S2. The standard InChI is InChI=1S/C34H28N2O2S2/c1-35(2)33(39)37-31-27-19-11-7-15-23(27)21-13-5-9-17-25(21)29(31)30-26-18-10-6-14-22(26)24-16-8-12-20-28(24)32(30)38-34(40)36(3)4/h5-20H,1-4H3. The van der Waals surface area contributed by atoms with Gasteiger partial charge in [0.25, 0.3) is 10.3 Å². The van der Waals surface area contributed by atoms with Crippen molar-refractivity contribution < 1.29 is 9.47 Å². The van der Waals surface area contributed by atoms with Crippen LogP contribution in [0.3, 0.4) is 0 Å². The van der Waals surface area contributed by atoms with E-state index in [1.165, 1.54) is 0 Å². The molecule has 40 heavy (non-hydrogen) atoms. The zero-order chi connectivity index (χ0) is 28.0. The Morgan fingerprint density at radius 1 is 0.425 bits per heavy atom. The SMILES string of the molecule is CN(C)C(=S)Oc1c(-c2c(OC(=S)N(C)C)c3ccccc3c3ccccc23)c2ccccc2c2ccccc12. The molecule has 6 aromatic rings. The number of hydrogen-bond donors (Lipinski definition) is 0. The van der Waals surface area contributed by atoms with Crippen LogP contribution in [0.2, 0.25) is 0 Å². The molecule has 0 bridgehead atoms. The summed E-state index contributed by atoms with van der Waals surface area (Å²) in [5.74, 6) is 1.38. The lowest BCUT2D eigenvalue weighted by Crippen LogP contribution is -2.26. The minimum absolute atomic E-state index is 0.373. The maximum atomic E-state index is 6.61. The van der Waals surface area contributed by atoms with Crippen molar-refractivity contribution in [3.8, 4) is 22.6 Å². The van der Waals surface area contributed by atoms with E-state index in [0.29, 0.717) is 21.8 Å². The smallest absolute Gasteiger partial charge is 0.264 e. The van der Waals surface area contributed by atoms with Crippen LogP contribution in [0.15, 0.2) is 97.1 Å². The lowest BCUT2D eigenvalue weighted by atomic mass is 9.87. The van der Waals surface area contributed by atoms with Crippen molar-refractivity contribution in [1.82, 2.24) is 9.80 Å². The van der Waals surface area contributed by atoms with Crippen molar-refractivity contribution in [2.45, 2.75) is 0 Å². The summed E-state index contributed by atoms with van der Waals surface area (Å²) in [5, 5.41) is 9.19. The van der Waals surface area contributed by atoms with E-state index in [2.05, 4.69) is 84.9 Å². The molecule has 0 fully saturated rings. The van der Waals surface area contributed by atoms with Gasteiger partial charge in [0.15, 0.2) is 0 Å². The minimum Gasteiger partial charge on any atom is -0.430 e.